The summed E-state index contributed by atoms with van der Waals surface area (Å²) in [4.78, 5) is 10.2. The number of aliphatic hydroxyl groups excluding tert-OH is 1. The molecule has 0 spiro atoms. The Balaban J connectivity index is -0.000000365. The molecule has 0 aromatic carbocycles. The standard InChI is InChI=1S/C12H24O2.C4H10O.CHCl3/c1-2-3-4-5-6-7-8-9-10-11-12(13)14;1-3-4(2)5;2-1(3)4/h2-11H2,1H3,(H,13,14);4-5H,3H2,1-2H3;1H. The van der Waals surface area contributed by atoms with E-state index in [2.05, 4.69) is 6.92 Å². The van der Waals surface area contributed by atoms with E-state index in [0.717, 1.165) is 19.3 Å². The molecule has 23 heavy (non-hydrogen) atoms. The molecule has 0 saturated heterocycles. The molecule has 0 saturated carbocycles. The molecule has 0 fully saturated rings. The number of hydrogen-bond acceptors (Lipinski definition) is 2. The van der Waals surface area contributed by atoms with Crippen LogP contribution in [0.15, 0.2) is 0 Å². The van der Waals surface area contributed by atoms with Crippen molar-refractivity contribution < 1.29 is 15.0 Å². The highest BCUT2D eigenvalue weighted by atomic mass is 35.6. The molecular weight excluding hydrogens is 359 g/mol. The number of hydrogen-bond donors (Lipinski definition) is 2. The maximum atomic E-state index is 10.2. The summed E-state index contributed by atoms with van der Waals surface area (Å²) < 4.78 is -0.750. The first-order valence-corrected chi connectivity index (χ1v) is 9.90. The minimum absolute atomic E-state index is 0.116. The first-order valence-electron chi connectivity index (χ1n) is 8.59. The Morgan fingerprint density at radius 3 is 1.43 bits per heavy atom. The van der Waals surface area contributed by atoms with Gasteiger partial charge in [-0.05, 0) is 19.8 Å². The molecule has 142 valence electrons. The van der Waals surface area contributed by atoms with Crippen molar-refractivity contribution in [1.82, 2.24) is 0 Å². The molecule has 6 heteroatoms. The zero-order valence-electron chi connectivity index (χ0n) is 14.9. The summed E-state index contributed by atoms with van der Waals surface area (Å²) in [6.07, 6.45) is 12.2. The molecule has 0 aromatic rings. The minimum Gasteiger partial charge on any atom is -0.481 e. The van der Waals surface area contributed by atoms with Crippen LogP contribution in [0.2, 0.25) is 0 Å². The zero-order chi connectivity index (χ0) is 18.5. The maximum Gasteiger partial charge on any atom is 0.303 e. The predicted octanol–water partition coefficient (Wildman–Crippen LogP) is 6.76. The highest BCUT2D eigenvalue weighted by molar-refractivity contribution is 6.63. The smallest absolute Gasteiger partial charge is 0.303 e. The number of carboxylic acids is 1. The van der Waals surface area contributed by atoms with Gasteiger partial charge in [0.1, 0.15) is 0 Å². The van der Waals surface area contributed by atoms with Crippen molar-refractivity contribution in [3.05, 3.63) is 0 Å². The Labute approximate surface area is 157 Å². The number of aliphatic hydroxyl groups is 1. The molecule has 1 atom stereocenters. The van der Waals surface area contributed by atoms with Gasteiger partial charge < -0.3 is 10.2 Å². The lowest BCUT2D eigenvalue weighted by atomic mass is 10.1. The molecular formula is C17H35Cl3O3. The van der Waals surface area contributed by atoms with E-state index in [-0.39, 0.29) is 6.10 Å². The molecule has 0 aliphatic carbocycles. The summed E-state index contributed by atoms with van der Waals surface area (Å²) in [5.41, 5.74) is 0. The van der Waals surface area contributed by atoms with E-state index in [4.69, 9.17) is 45.0 Å². The molecule has 0 aliphatic rings. The van der Waals surface area contributed by atoms with E-state index in [9.17, 15) is 4.79 Å². The average Bonchev–Trinajstić information content (AvgIpc) is 2.45. The number of carboxylic acid groups (broad SMARTS) is 1. The maximum absolute atomic E-state index is 10.2. The van der Waals surface area contributed by atoms with Gasteiger partial charge in [0, 0.05) is 6.42 Å². The molecule has 0 bridgehead atoms. The lowest BCUT2D eigenvalue weighted by molar-refractivity contribution is -0.137. The van der Waals surface area contributed by atoms with E-state index in [1.54, 1.807) is 6.92 Å². The van der Waals surface area contributed by atoms with E-state index < -0.39 is 10.3 Å². The third kappa shape index (κ3) is 52.0. The summed E-state index contributed by atoms with van der Waals surface area (Å²) in [6.45, 7) is 5.95. The van der Waals surface area contributed by atoms with Crippen LogP contribution >= 0.6 is 34.8 Å². The first kappa shape index (κ1) is 28.1. The highest BCUT2D eigenvalue weighted by Gasteiger charge is 1.96. The van der Waals surface area contributed by atoms with Crippen LogP contribution in [0.3, 0.4) is 0 Å². The third-order valence-corrected chi connectivity index (χ3v) is 3.09. The van der Waals surface area contributed by atoms with Gasteiger partial charge in [-0.2, -0.15) is 0 Å². The van der Waals surface area contributed by atoms with Crippen LogP contribution in [-0.4, -0.2) is 26.6 Å². The second kappa shape index (κ2) is 24.6. The van der Waals surface area contributed by atoms with E-state index >= 15 is 0 Å². The number of alkyl halides is 3. The molecule has 0 heterocycles. The monoisotopic (exact) mass is 392 g/mol. The van der Waals surface area contributed by atoms with Crippen LogP contribution in [0.4, 0.5) is 0 Å². The van der Waals surface area contributed by atoms with E-state index in [1.807, 2.05) is 6.92 Å². The quantitative estimate of drug-likeness (QED) is 0.301. The minimum atomic E-state index is -0.750. The van der Waals surface area contributed by atoms with Crippen molar-refractivity contribution in [2.75, 3.05) is 0 Å². The van der Waals surface area contributed by atoms with Crippen molar-refractivity contribution in [3.8, 4) is 0 Å². The van der Waals surface area contributed by atoms with Gasteiger partial charge in [0.05, 0.1) is 6.10 Å². The molecule has 0 aliphatic heterocycles. The van der Waals surface area contributed by atoms with Crippen LogP contribution in [0, 0.1) is 0 Å². The van der Waals surface area contributed by atoms with Gasteiger partial charge in [0.25, 0.3) is 0 Å². The van der Waals surface area contributed by atoms with Crippen molar-refractivity contribution in [1.29, 1.82) is 0 Å². The number of aliphatic carboxylic acids is 1. The van der Waals surface area contributed by atoms with E-state index in [1.165, 1.54) is 44.9 Å². The SMILES string of the molecule is CCC(C)O.CCCCCCCCCCCC(=O)O.ClC(Cl)Cl. The fourth-order valence-corrected chi connectivity index (χ4v) is 1.59. The van der Waals surface area contributed by atoms with Gasteiger partial charge in [0.15, 0.2) is 4.30 Å². The third-order valence-electron chi connectivity index (χ3n) is 3.09. The molecule has 3 nitrogen and oxygen atoms in total. The zero-order valence-corrected chi connectivity index (χ0v) is 17.1. The van der Waals surface area contributed by atoms with Crippen molar-refractivity contribution in [3.63, 3.8) is 0 Å². The van der Waals surface area contributed by atoms with E-state index in [0.29, 0.717) is 6.42 Å². The number of rotatable bonds is 11. The summed E-state index contributed by atoms with van der Waals surface area (Å²) in [5, 5.41) is 16.8. The lowest BCUT2D eigenvalue weighted by Gasteiger charge is -2.00. The molecule has 0 radical (unpaired) electrons. The topological polar surface area (TPSA) is 57.5 Å². The Hall–Kier alpha value is 0.300. The largest absolute Gasteiger partial charge is 0.481 e. The summed E-state index contributed by atoms with van der Waals surface area (Å²) in [5.74, 6) is -0.659. The Morgan fingerprint density at radius 2 is 1.17 bits per heavy atom. The average molecular weight is 394 g/mol. The van der Waals surface area contributed by atoms with Crippen LogP contribution in [0.25, 0.3) is 0 Å². The summed E-state index contributed by atoms with van der Waals surface area (Å²) in [6, 6.07) is 0. The van der Waals surface area contributed by atoms with Gasteiger partial charge in [-0.1, -0.05) is 100 Å². The normalized spacial score (nSPS) is 11.1. The second-order valence-electron chi connectivity index (χ2n) is 5.48. The van der Waals surface area contributed by atoms with Gasteiger partial charge in [0.2, 0.25) is 0 Å². The Morgan fingerprint density at radius 1 is 0.870 bits per heavy atom. The Kier molecular flexibility index (Phi) is 30.0. The molecule has 1 unspecified atom stereocenters. The fourth-order valence-electron chi connectivity index (χ4n) is 1.59. The van der Waals surface area contributed by atoms with Crippen LogP contribution < -0.4 is 0 Å². The van der Waals surface area contributed by atoms with Crippen LogP contribution in [-0.2, 0) is 4.79 Å². The van der Waals surface area contributed by atoms with Crippen molar-refractivity contribution >= 4 is 40.8 Å². The molecule has 0 aromatic heterocycles. The number of halogens is 3. The number of unbranched alkanes of at least 4 members (excludes halogenated alkanes) is 8. The first-order chi connectivity index (χ1) is 10.8. The van der Waals surface area contributed by atoms with Gasteiger partial charge >= 0.3 is 5.97 Å². The van der Waals surface area contributed by atoms with Crippen molar-refractivity contribution in [2.45, 2.75) is 102 Å². The lowest BCUT2D eigenvalue weighted by Crippen LogP contribution is -1.93. The van der Waals surface area contributed by atoms with Gasteiger partial charge in [-0.25, -0.2) is 0 Å². The highest BCUT2D eigenvalue weighted by Crippen LogP contribution is 2.10. The summed E-state index contributed by atoms with van der Waals surface area (Å²) >= 11 is 14.4. The van der Waals surface area contributed by atoms with Crippen LogP contribution in [0.1, 0.15) is 91.4 Å². The Bertz CT molecular complexity index is 222. The fraction of sp³-hybridized carbons (Fsp3) is 0.941. The van der Waals surface area contributed by atoms with Crippen molar-refractivity contribution in [2.24, 2.45) is 0 Å². The molecule has 0 amide bonds. The van der Waals surface area contributed by atoms with Gasteiger partial charge in [-0.3, -0.25) is 4.79 Å². The summed E-state index contributed by atoms with van der Waals surface area (Å²) in [7, 11) is 0. The number of carbonyl (C=O) groups is 1. The van der Waals surface area contributed by atoms with Gasteiger partial charge in [-0.15, -0.1) is 0 Å². The molecule has 0 rings (SSSR count). The second-order valence-corrected chi connectivity index (χ2v) is 7.46. The van der Waals surface area contributed by atoms with Crippen LogP contribution in [0.5, 0.6) is 0 Å². The molecule has 2 N–H and O–H groups in total. The predicted molar refractivity (Wildman–Crippen MR) is 103 cm³/mol.